The van der Waals surface area contributed by atoms with Crippen LogP contribution in [0.15, 0.2) is 69.7 Å². The summed E-state index contributed by atoms with van der Waals surface area (Å²) in [6, 6.07) is 18.6. The molecular weight excluding hydrogens is 378 g/mol. The van der Waals surface area contributed by atoms with Crippen LogP contribution in [-0.4, -0.2) is 29.0 Å². The molecule has 0 aliphatic carbocycles. The minimum absolute atomic E-state index is 0.139. The Morgan fingerprint density at radius 3 is 2.64 bits per heavy atom. The standard InChI is InChI=1S/C20H20BrN3O/c21-17-9-5-4-8-15(17)19-10-23-20(25-19)13-24-11-16(18(22)12-24)14-6-2-1-3-7-14/h1-10,16,18H,11-13,22H2/t16-,18+/m0/s1. The molecule has 4 nitrogen and oxygen atoms in total. The average molecular weight is 398 g/mol. The van der Waals surface area contributed by atoms with Gasteiger partial charge < -0.3 is 10.2 Å². The van der Waals surface area contributed by atoms with Gasteiger partial charge in [-0.15, -0.1) is 0 Å². The number of nitrogens with two attached hydrogens (primary N) is 1. The number of halogens is 1. The number of nitrogens with zero attached hydrogens (tertiary/aromatic N) is 2. The molecule has 128 valence electrons. The third-order valence-electron chi connectivity index (χ3n) is 4.72. The lowest BCUT2D eigenvalue weighted by Crippen LogP contribution is -2.28. The SMILES string of the molecule is N[C@@H]1CN(Cc2ncc(-c3ccccc3Br)o2)C[C@H]1c1ccccc1. The largest absolute Gasteiger partial charge is 0.439 e. The van der Waals surface area contributed by atoms with Gasteiger partial charge in [0.05, 0.1) is 12.7 Å². The summed E-state index contributed by atoms with van der Waals surface area (Å²) < 4.78 is 6.97. The van der Waals surface area contributed by atoms with E-state index in [0.29, 0.717) is 12.5 Å². The maximum atomic E-state index is 6.37. The number of aromatic nitrogens is 1. The summed E-state index contributed by atoms with van der Waals surface area (Å²) in [6.45, 7) is 2.46. The topological polar surface area (TPSA) is 55.3 Å². The molecule has 2 N–H and O–H groups in total. The second-order valence-electron chi connectivity index (χ2n) is 6.47. The van der Waals surface area contributed by atoms with Crippen LogP contribution < -0.4 is 5.73 Å². The number of oxazole rings is 1. The zero-order valence-electron chi connectivity index (χ0n) is 13.8. The van der Waals surface area contributed by atoms with Gasteiger partial charge >= 0.3 is 0 Å². The first-order valence-corrected chi connectivity index (χ1v) is 9.22. The molecule has 4 rings (SSSR count). The molecule has 2 heterocycles. The van der Waals surface area contributed by atoms with Gasteiger partial charge in [-0.05, 0) is 11.6 Å². The zero-order chi connectivity index (χ0) is 17.2. The van der Waals surface area contributed by atoms with E-state index in [2.05, 4.69) is 50.1 Å². The van der Waals surface area contributed by atoms with E-state index in [9.17, 15) is 0 Å². The second-order valence-corrected chi connectivity index (χ2v) is 7.33. The van der Waals surface area contributed by atoms with E-state index >= 15 is 0 Å². The van der Waals surface area contributed by atoms with Crippen molar-refractivity contribution in [1.29, 1.82) is 0 Å². The van der Waals surface area contributed by atoms with E-state index in [1.807, 2.05) is 30.3 Å². The summed E-state index contributed by atoms with van der Waals surface area (Å²) in [6.07, 6.45) is 1.79. The van der Waals surface area contributed by atoms with Gasteiger partial charge in [0.15, 0.2) is 5.76 Å². The molecule has 0 spiro atoms. The zero-order valence-corrected chi connectivity index (χ0v) is 15.4. The summed E-state index contributed by atoms with van der Waals surface area (Å²) in [4.78, 5) is 6.77. The van der Waals surface area contributed by atoms with Crippen molar-refractivity contribution in [1.82, 2.24) is 9.88 Å². The molecule has 1 fully saturated rings. The number of rotatable bonds is 4. The highest BCUT2D eigenvalue weighted by Crippen LogP contribution is 2.30. The lowest BCUT2D eigenvalue weighted by Gasteiger charge is -2.14. The number of benzene rings is 2. The van der Waals surface area contributed by atoms with Crippen LogP contribution in [0.3, 0.4) is 0 Å². The molecule has 2 atom stereocenters. The Morgan fingerprint density at radius 1 is 1.08 bits per heavy atom. The van der Waals surface area contributed by atoms with Gasteiger partial charge in [-0.1, -0.05) is 64.5 Å². The molecule has 5 heteroatoms. The lowest BCUT2D eigenvalue weighted by molar-refractivity contribution is 0.286. The van der Waals surface area contributed by atoms with Crippen molar-refractivity contribution in [3.05, 3.63) is 76.7 Å². The van der Waals surface area contributed by atoms with Crippen LogP contribution in [0, 0.1) is 0 Å². The maximum absolute atomic E-state index is 6.37. The van der Waals surface area contributed by atoms with E-state index in [1.165, 1.54) is 5.56 Å². The quantitative estimate of drug-likeness (QED) is 0.721. The van der Waals surface area contributed by atoms with Crippen molar-refractivity contribution in [3.63, 3.8) is 0 Å². The third-order valence-corrected chi connectivity index (χ3v) is 5.41. The van der Waals surface area contributed by atoms with E-state index in [0.717, 1.165) is 34.8 Å². The molecule has 0 radical (unpaired) electrons. The minimum atomic E-state index is 0.139. The van der Waals surface area contributed by atoms with Gasteiger partial charge in [0.25, 0.3) is 0 Å². The predicted molar refractivity (Wildman–Crippen MR) is 102 cm³/mol. The summed E-state index contributed by atoms with van der Waals surface area (Å²) in [7, 11) is 0. The van der Waals surface area contributed by atoms with E-state index in [-0.39, 0.29) is 6.04 Å². The molecule has 0 amide bonds. The van der Waals surface area contributed by atoms with Gasteiger partial charge in [-0.25, -0.2) is 4.98 Å². The van der Waals surface area contributed by atoms with Crippen LogP contribution >= 0.6 is 15.9 Å². The highest BCUT2D eigenvalue weighted by Gasteiger charge is 2.31. The second kappa shape index (κ2) is 7.12. The van der Waals surface area contributed by atoms with Crippen molar-refractivity contribution in [2.45, 2.75) is 18.5 Å². The summed E-state index contributed by atoms with van der Waals surface area (Å²) in [5.41, 5.74) is 8.69. The highest BCUT2D eigenvalue weighted by atomic mass is 79.9. The van der Waals surface area contributed by atoms with E-state index in [1.54, 1.807) is 6.20 Å². The fraction of sp³-hybridized carbons (Fsp3) is 0.250. The third kappa shape index (κ3) is 3.54. The number of hydrogen-bond donors (Lipinski definition) is 1. The molecule has 0 unspecified atom stereocenters. The van der Waals surface area contributed by atoms with Crippen molar-refractivity contribution < 1.29 is 4.42 Å². The number of hydrogen-bond acceptors (Lipinski definition) is 4. The Hall–Kier alpha value is -1.95. The van der Waals surface area contributed by atoms with Crippen molar-refractivity contribution in [2.24, 2.45) is 5.73 Å². The smallest absolute Gasteiger partial charge is 0.209 e. The monoisotopic (exact) mass is 397 g/mol. The van der Waals surface area contributed by atoms with Crippen LogP contribution in [0.1, 0.15) is 17.4 Å². The Balaban J connectivity index is 1.46. The van der Waals surface area contributed by atoms with Crippen molar-refractivity contribution >= 4 is 15.9 Å². The first kappa shape index (κ1) is 16.5. The van der Waals surface area contributed by atoms with Gasteiger partial charge in [-0.3, -0.25) is 4.90 Å². The Kier molecular flexibility index (Phi) is 4.70. The molecule has 3 aromatic rings. The Morgan fingerprint density at radius 2 is 1.84 bits per heavy atom. The first-order valence-electron chi connectivity index (χ1n) is 8.43. The van der Waals surface area contributed by atoms with E-state index in [4.69, 9.17) is 10.2 Å². The summed E-state index contributed by atoms with van der Waals surface area (Å²) in [5, 5.41) is 0. The van der Waals surface area contributed by atoms with Crippen molar-refractivity contribution in [2.75, 3.05) is 13.1 Å². The van der Waals surface area contributed by atoms with E-state index < -0.39 is 0 Å². The van der Waals surface area contributed by atoms with Crippen LogP contribution in [-0.2, 0) is 6.54 Å². The molecule has 1 saturated heterocycles. The fourth-order valence-corrected chi connectivity index (χ4v) is 3.94. The minimum Gasteiger partial charge on any atom is -0.439 e. The predicted octanol–water partition coefficient (Wildman–Crippen LogP) is 4.03. The molecule has 1 aromatic heterocycles. The fourth-order valence-electron chi connectivity index (χ4n) is 3.46. The van der Waals surface area contributed by atoms with Gasteiger partial charge in [0.1, 0.15) is 0 Å². The van der Waals surface area contributed by atoms with Crippen LogP contribution in [0.2, 0.25) is 0 Å². The highest BCUT2D eigenvalue weighted by molar-refractivity contribution is 9.10. The first-order chi connectivity index (χ1) is 12.2. The summed E-state index contributed by atoms with van der Waals surface area (Å²) in [5.74, 6) is 1.87. The summed E-state index contributed by atoms with van der Waals surface area (Å²) >= 11 is 3.56. The van der Waals surface area contributed by atoms with Crippen LogP contribution in [0.5, 0.6) is 0 Å². The molecule has 2 aromatic carbocycles. The molecule has 0 saturated carbocycles. The number of likely N-dealkylation sites (tertiary alicyclic amines) is 1. The van der Waals surface area contributed by atoms with Crippen molar-refractivity contribution in [3.8, 4) is 11.3 Å². The Bertz CT molecular complexity index is 849. The maximum Gasteiger partial charge on any atom is 0.209 e. The Labute approximate surface area is 155 Å². The van der Waals surface area contributed by atoms with Gasteiger partial charge in [0.2, 0.25) is 5.89 Å². The normalized spacial score (nSPS) is 20.9. The lowest BCUT2D eigenvalue weighted by atomic mass is 9.95. The van der Waals surface area contributed by atoms with Crippen LogP contribution in [0.4, 0.5) is 0 Å². The molecule has 1 aliphatic heterocycles. The molecule has 1 aliphatic rings. The molecule has 0 bridgehead atoms. The molecular formula is C20H20BrN3O. The van der Waals surface area contributed by atoms with Crippen LogP contribution in [0.25, 0.3) is 11.3 Å². The van der Waals surface area contributed by atoms with Gasteiger partial charge in [0, 0.05) is 35.1 Å². The molecule has 25 heavy (non-hydrogen) atoms. The average Bonchev–Trinajstić information content (AvgIpc) is 3.23. The van der Waals surface area contributed by atoms with Gasteiger partial charge in [-0.2, -0.15) is 0 Å².